The summed E-state index contributed by atoms with van der Waals surface area (Å²) >= 11 is 7.89. The van der Waals surface area contributed by atoms with Gasteiger partial charge in [-0.15, -0.1) is 11.3 Å². The Labute approximate surface area is 115 Å². The van der Waals surface area contributed by atoms with Gasteiger partial charge in [-0.2, -0.15) is 0 Å². The van der Waals surface area contributed by atoms with Gasteiger partial charge in [0.2, 0.25) is 0 Å². The van der Waals surface area contributed by atoms with E-state index in [1.807, 2.05) is 19.1 Å². The predicted octanol–water partition coefficient (Wildman–Crippen LogP) is 5.84. The smallest absolute Gasteiger partial charge is 0.217 e. The molecular formula is C15H14ClOS+. The molecule has 0 bridgehead atoms. The largest absolute Gasteiger partial charge is 0.347 e. The molecule has 3 heteroatoms. The molecule has 0 N–H and O–H groups in total. The zero-order valence-corrected chi connectivity index (χ0v) is 12.0. The molecular weight excluding hydrogens is 264 g/mol. The lowest BCUT2D eigenvalue weighted by atomic mass is 10.1. The molecule has 0 saturated heterocycles. The number of aryl methyl sites for hydroxylation is 2. The number of fused-ring (bicyclic) bond motifs is 3. The fourth-order valence-electron chi connectivity index (χ4n) is 2.30. The van der Waals surface area contributed by atoms with Crippen LogP contribution >= 0.6 is 22.9 Å². The minimum Gasteiger partial charge on any atom is -0.217 e. The molecule has 2 aromatic heterocycles. The van der Waals surface area contributed by atoms with Crippen LogP contribution in [-0.4, -0.2) is 0 Å². The zero-order chi connectivity index (χ0) is 12.7. The number of thiophene rings is 1. The van der Waals surface area contributed by atoms with E-state index in [1.165, 1.54) is 20.2 Å². The first-order valence-electron chi connectivity index (χ1n) is 6.13. The van der Waals surface area contributed by atoms with Crippen LogP contribution in [-0.2, 0) is 6.42 Å². The van der Waals surface area contributed by atoms with Crippen molar-refractivity contribution < 1.29 is 4.42 Å². The normalized spacial score (nSPS) is 11.5. The van der Waals surface area contributed by atoms with E-state index in [2.05, 4.69) is 19.1 Å². The highest BCUT2D eigenvalue weighted by Gasteiger charge is 2.19. The summed E-state index contributed by atoms with van der Waals surface area (Å²) in [6, 6.07) is 8.20. The third-order valence-electron chi connectivity index (χ3n) is 3.05. The molecule has 2 heterocycles. The first kappa shape index (κ1) is 11.9. The van der Waals surface area contributed by atoms with E-state index in [1.54, 1.807) is 11.3 Å². The fraction of sp³-hybridized carbons (Fsp3) is 0.267. The summed E-state index contributed by atoms with van der Waals surface area (Å²) in [4.78, 5) is 0. The monoisotopic (exact) mass is 277 g/mol. The van der Waals surface area contributed by atoms with Gasteiger partial charge in [-0.05, 0) is 24.6 Å². The molecule has 92 valence electrons. The van der Waals surface area contributed by atoms with Gasteiger partial charge < -0.3 is 0 Å². The van der Waals surface area contributed by atoms with Crippen LogP contribution in [0.5, 0.6) is 0 Å². The van der Waals surface area contributed by atoms with Crippen molar-refractivity contribution in [3.05, 3.63) is 40.8 Å². The number of rotatable bonds is 2. The standard InChI is InChI=1S/C15H14ClOS/c1-3-4-13-15-12(7-9(2)17-13)11-8-10(16)5-6-14(11)18-15/h5-8H,3-4H2,1-2H3/q+1. The molecule has 1 aromatic carbocycles. The van der Waals surface area contributed by atoms with Crippen LogP contribution in [0.3, 0.4) is 0 Å². The third-order valence-corrected chi connectivity index (χ3v) is 4.51. The number of halogens is 1. The lowest BCUT2D eigenvalue weighted by Gasteiger charge is -1.92. The lowest BCUT2D eigenvalue weighted by Crippen LogP contribution is -1.85. The van der Waals surface area contributed by atoms with Crippen molar-refractivity contribution in [2.24, 2.45) is 0 Å². The second kappa shape index (κ2) is 4.52. The van der Waals surface area contributed by atoms with E-state index in [9.17, 15) is 0 Å². The van der Waals surface area contributed by atoms with Crippen LogP contribution in [0, 0.1) is 6.92 Å². The summed E-state index contributed by atoms with van der Waals surface area (Å²) in [5.41, 5.74) is 0. The molecule has 1 nitrogen and oxygen atoms in total. The van der Waals surface area contributed by atoms with Gasteiger partial charge in [0.15, 0.2) is 0 Å². The van der Waals surface area contributed by atoms with Gasteiger partial charge in [0.1, 0.15) is 4.70 Å². The Morgan fingerprint density at radius 3 is 2.83 bits per heavy atom. The highest BCUT2D eigenvalue weighted by Crippen LogP contribution is 2.38. The maximum atomic E-state index is 6.10. The number of benzene rings is 1. The van der Waals surface area contributed by atoms with Gasteiger partial charge >= 0.3 is 11.5 Å². The Morgan fingerprint density at radius 2 is 2.06 bits per heavy atom. The predicted molar refractivity (Wildman–Crippen MR) is 79.7 cm³/mol. The second-order valence-corrected chi connectivity index (χ2v) is 6.00. The summed E-state index contributed by atoms with van der Waals surface area (Å²) in [6.45, 7) is 4.18. The van der Waals surface area contributed by atoms with Crippen LogP contribution in [0.25, 0.3) is 20.2 Å². The minimum absolute atomic E-state index is 0.790. The van der Waals surface area contributed by atoms with Crippen molar-refractivity contribution in [3.63, 3.8) is 0 Å². The summed E-state index contributed by atoms with van der Waals surface area (Å²) in [5.74, 6) is 2.07. The van der Waals surface area contributed by atoms with E-state index >= 15 is 0 Å². The maximum absolute atomic E-state index is 6.10. The molecule has 3 rings (SSSR count). The molecule has 0 atom stereocenters. The van der Waals surface area contributed by atoms with Crippen molar-refractivity contribution in [1.82, 2.24) is 0 Å². The fourth-order valence-corrected chi connectivity index (χ4v) is 3.65. The SMILES string of the molecule is CCCc1[o+]c(C)cc2c1sc1ccc(Cl)cc12. The Morgan fingerprint density at radius 1 is 1.22 bits per heavy atom. The van der Waals surface area contributed by atoms with E-state index in [-0.39, 0.29) is 0 Å². The van der Waals surface area contributed by atoms with Gasteiger partial charge in [-0.1, -0.05) is 18.5 Å². The molecule has 0 fully saturated rings. The maximum Gasteiger partial charge on any atom is 0.347 e. The first-order chi connectivity index (χ1) is 8.69. The van der Waals surface area contributed by atoms with Gasteiger partial charge in [0, 0.05) is 26.6 Å². The van der Waals surface area contributed by atoms with Crippen LogP contribution in [0.1, 0.15) is 24.9 Å². The zero-order valence-electron chi connectivity index (χ0n) is 10.4. The van der Waals surface area contributed by atoms with E-state index in [0.717, 1.165) is 29.4 Å². The molecule has 0 aliphatic heterocycles. The van der Waals surface area contributed by atoms with Crippen molar-refractivity contribution in [2.75, 3.05) is 0 Å². The van der Waals surface area contributed by atoms with Gasteiger partial charge in [0.05, 0.1) is 13.3 Å². The van der Waals surface area contributed by atoms with Gasteiger partial charge in [0.25, 0.3) is 0 Å². The molecule has 0 amide bonds. The van der Waals surface area contributed by atoms with E-state index in [4.69, 9.17) is 16.0 Å². The average molecular weight is 278 g/mol. The summed E-state index contributed by atoms with van der Waals surface area (Å²) in [7, 11) is 0. The first-order valence-corrected chi connectivity index (χ1v) is 7.33. The molecule has 0 radical (unpaired) electrons. The van der Waals surface area contributed by atoms with Gasteiger partial charge in [-0.25, -0.2) is 4.42 Å². The van der Waals surface area contributed by atoms with E-state index < -0.39 is 0 Å². The van der Waals surface area contributed by atoms with E-state index in [0.29, 0.717) is 0 Å². The Hall–Kier alpha value is -1.12. The second-order valence-electron chi connectivity index (χ2n) is 4.52. The summed E-state index contributed by atoms with van der Waals surface area (Å²) < 4.78 is 8.40. The highest BCUT2D eigenvalue weighted by atomic mass is 35.5. The molecule has 0 spiro atoms. The average Bonchev–Trinajstić information content (AvgIpc) is 2.68. The Bertz CT molecular complexity index is 730. The molecule has 0 unspecified atom stereocenters. The van der Waals surface area contributed by atoms with Crippen molar-refractivity contribution in [2.45, 2.75) is 26.7 Å². The Kier molecular flexibility index (Phi) is 3.00. The quantitative estimate of drug-likeness (QED) is 0.535. The van der Waals surface area contributed by atoms with Crippen LogP contribution in [0.4, 0.5) is 0 Å². The molecule has 0 saturated carbocycles. The topological polar surface area (TPSA) is 11.3 Å². The van der Waals surface area contributed by atoms with Crippen LogP contribution < -0.4 is 0 Å². The lowest BCUT2D eigenvalue weighted by molar-refractivity contribution is 0.472. The van der Waals surface area contributed by atoms with Gasteiger partial charge in [-0.3, -0.25) is 0 Å². The molecule has 0 aliphatic rings. The highest BCUT2D eigenvalue weighted by molar-refractivity contribution is 7.26. The molecule has 0 aliphatic carbocycles. The van der Waals surface area contributed by atoms with Crippen molar-refractivity contribution in [3.8, 4) is 0 Å². The summed E-state index contributed by atoms with van der Waals surface area (Å²) in [6.07, 6.45) is 2.08. The van der Waals surface area contributed by atoms with Crippen molar-refractivity contribution >= 4 is 43.1 Å². The third kappa shape index (κ3) is 1.90. The number of hydrogen-bond donors (Lipinski definition) is 0. The molecule has 18 heavy (non-hydrogen) atoms. The van der Waals surface area contributed by atoms with Crippen LogP contribution in [0.2, 0.25) is 5.02 Å². The summed E-state index contributed by atoms with van der Waals surface area (Å²) in [5, 5.41) is 3.29. The van der Waals surface area contributed by atoms with Crippen LogP contribution in [0.15, 0.2) is 28.7 Å². The molecule has 3 aromatic rings. The minimum atomic E-state index is 0.790. The van der Waals surface area contributed by atoms with Crippen molar-refractivity contribution in [1.29, 1.82) is 0 Å². The number of hydrogen-bond acceptors (Lipinski definition) is 1. The Balaban J connectivity index is 2.42.